The van der Waals surface area contributed by atoms with Gasteiger partial charge in [0, 0.05) is 12.0 Å². The predicted molar refractivity (Wildman–Crippen MR) is 87.1 cm³/mol. The molecular formula is C16H15NO3S2. The molecule has 0 N–H and O–H groups in total. The van der Waals surface area contributed by atoms with Crippen molar-refractivity contribution in [2.75, 3.05) is 7.11 Å². The van der Waals surface area contributed by atoms with Crippen molar-refractivity contribution < 1.29 is 13.4 Å². The fourth-order valence-corrected chi connectivity index (χ4v) is 3.64. The summed E-state index contributed by atoms with van der Waals surface area (Å²) in [4.78, 5) is 5.99. The molecule has 0 unspecified atom stereocenters. The zero-order valence-corrected chi connectivity index (χ0v) is 13.7. The minimum atomic E-state index is -1.17. The zero-order chi connectivity index (χ0) is 15.4. The van der Waals surface area contributed by atoms with Gasteiger partial charge < -0.3 is 9.15 Å². The highest BCUT2D eigenvalue weighted by atomic mass is 32.2. The van der Waals surface area contributed by atoms with Crippen LogP contribution in [-0.2, 0) is 27.9 Å². The van der Waals surface area contributed by atoms with Crippen molar-refractivity contribution in [2.45, 2.75) is 17.3 Å². The van der Waals surface area contributed by atoms with Gasteiger partial charge in [0.1, 0.15) is 5.75 Å². The minimum absolute atomic E-state index is 0.273. The van der Waals surface area contributed by atoms with Gasteiger partial charge in [0.05, 0.1) is 28.5 Å². The smallest absolute Gasteiger partial charge is 0.207 e. The Balaban J connectivity index is 1.69. The lowest BCUT2D eigenvalue weighted by Crippen LogP contribution is -1.97. The Morgan fingerprint density at radius 1 is 1.27 bits per heavy atom. The van der Waals surface area contributed by atoms with E-state index >= 15 is 0 Å². The number of aromatic nitrogens is 1. The molecule has 0 bridgehead atoms. The van der Waals surface area contributed by atoms with Gasteiger partial charge >= 0.3 is 0 Å². The number of oxazole rings is 1. The van der Waals surface area contributed by atoms with Crippen molar-refractivity contribution in [3.05, 3.63) is 59.4 Å². The van der Waals surface area contributed by atoms with Crippen LogP contribution in [-0.4, -0.2) is 16.3 Å². The summed E-state index contributed by atoms with van der Waals surface area (Å²) in [5.41, 5.74) is 1.05. The topological polar surface area (TPSA) is 52.3 Å². The van der Waals surface area contributed by atoms with Crippen molar-refractivity contribution in [3.63, 3.8) is 0 Å². The fraction of sp³-hybridized carbons (Fsp3) is 0.188. The number of hydrogen-bond donors (Lipinski definition) is 0. The molecule has 0 fully saturated rings. The Morgan fingerprint density at radius 3 is 2.77 bits per heavy atom. The van der Waals surface area contributed by atoms with Crippen LogP contribution >= 0.6 is 11.3 Å². The number of benzene rings is 1. The molecule has 0 aliphatic rings. The van der Waals surface area contributed by atoms with Crippen LogP contribution in [0.1, 0.15) is 11.5 Å². The SMILES string of the molecule is COCc1ccc([S@@](=O)Cc2ncc(-c3cccs3)o2)cc1. The van der Waals surface area contributed by atoms with Crippen molar-refractivity contribution >= 4 is 22.1 Å². The van der Waals surface area contributed by atoms with E-state index in [9.17, 15) is 4.21 Å². The van der Waals surface area contributed by atoms with Gasteiger partial charge in [0.25, 0.3) is 0 Å². The van der Waals surface area contributed by atoms with Crippen LogP contribution in [0.3, 0.4) is 0 Å². The summed E-state index contributed by atoms with van der Waals surface area (Å²) in [6.45, 7) is 0.552. The first-order chi connectivity index (χ1) is 10.8. The second-order valence-electron chi connectivity index (χ2n) is 4.66. The van der Waals surface area contributed by atoms with E-state index in [0.717, 1.165) is 21.1 Å². The molecule has 0 aliphatic carbocycles. The minimum Gasteiger partial charge on any atom is -0.439 e. The number of thiophene rings is 1. The van der Waals surface area contributed by atoms with Gasteiger partial charge in [-0.05, 0) is 29.1 Å². The van der Waals surface area contributed by atoms with Crippen molar-refractivity contribution in [1.82, 2.24) is 4.98 Å². The van der Waals surface area contributed by atoms with E-state index in [1.807, 2.05) is 41.8 Å². The maximum Gasteiger partial charge on any atom is 0.207 e. The van der Waals surface area contributed by atoms with Crippen LogP contribution < -0.4 is 0 Å². The predicted octanol–water partition coefficient (Wildman–Crippen LogP) is 3.86. The molecule has 0 radical (unpaired) electrons. The van der Waals surface area contributed by atoms with Crippen molar-refractivity contribution in [3.8, 4) is 10.6 Å². The third kappa shape index (κ3) is 3.52. The van der Waals surface area contributed by atoms with Crippen LogP contribution in [0.5, 0.6) is 0 Å². The third-order valence-corrected chi connectivity index (χ3v) is 5.26. The maximum atomic E-state index is 12.4. The first-order valence-corrected chi connectivity index (χ1v) is 8.91. The molecule has 3 rings (SSSR count). The van der Waals surface area contributed by atoms with Gasteiger partial charge in [-0.3, -0.25) is 4.21 Å². The Hall–Kier alpha value is -1.76. The van der Waals surface area contributed by atoms with Crippen LogP contribution in [0.2, 0.25) is 0 Å². The molecule has 0 saturated heterocycles. The summed E-state index contributed by atoms with van der Waals surface area (Å²) in [7, 11) is 0.479. The van der Waals surface area contributed by atoms with Gasteiger partial charge in [-0.25, -0.2) is 4.98 Å². The van der Waals surface area contributed by atoms with Gasteiger partial charge in [0.15, 0.2) is 5.76 Å². The average molecular weight is 333 g/mol. The van der Waals surface area contributed by atoms with Crippen molar-refractivity contribution in [1.29, 1.82) is 0 Å². The molecule has 2 aromatic heterocycles. The lowest BCUT2D eigenvalue weighted by molar-refractivity contribution is 0.185. The summed E-state index contributed by atoms with van der Waals surface area (Å²) < 4.78 is 23.1. The number of rotatable bonds is 6. The molecule has 22 heavy (non-hydrogen) atoms. The van der Waals surface area contributed by atoms with E-state index in [-0.39, 0.29) is 5.75 Å². The standard InChI is InChI=1S/C16H15NO3S2/c1-19-10-12-4-6-13(7-5-12)22(18)11-16-17-9-14(20-16)15-3-2-8-21-15/h2-9H,10-11H2,1H3/t22-/m0/s1. The van der Waals surface area contributed by atoms with E-state index in [1.54, 1.807) is 24.6 Å². The Morgan fingerprint density at radius 2 is 2.09 bits per heavy atom. The fourth-order valence-electron chi connectivity index (χ4n) is 2.01. The van der Waals surface area contributed by atoms with Gasteiger partial charge in [-0.2, -0.15) is 0 Å². The zero-order valence-electron chi connectivity index (χ0n) is 12.0. The molecule has 4 nitrogen and oxygen atoms in total. The normalized spacial score (nSPS) is 12.4. The average Bonchev–Trinajstić information content (AvgIpc) is 3.19. The van der Waals surface area contributed by atoms with Crippen LogP contribution in [0.25, 0.3) is 10.6 Å². The van der Waals surface area contributed by atoms with Gasteiger partial charge in [-0.15, -0.1) is 11.3 Å². The van der Waals surface area contributed by atoms with E-state index in [4.69, 9.17) is 9.15 Å². The quantitative estimate of drug-likeness (QED) is 0.687. The highest BCUT2D eigenvalue weighted by Crippen LogP contribution is 2.26. The molecule has 0 saturated carbocycles. The van der Waals surface area contributed by atoms with Gasteiger partial charge in [0.2, 0.25) is 5.89 Å². The summed E-state index contributed by atoms with van der Waals surface area (Å²) in [5, 5.41) is 1.98. The molecule has 6 heteroatoms. The number of hydrogen-bond acceptors (Lipinski definition) is 5. The van der Waals surface area contributed by atoms with Crippen molar-refractivity contribution in [2.24, 2.45) is 0 Å². The van der Waals surface area contributed by atoms with Crippen LogP contribution in [0, 0.1) is 0 Å². The van der Waals surface area contributed by atoms with E-state index < -0.39 is 10.8 Å². The lowest BCUT2D eigenvalue weighted by atomic mass is 10.2. The van der Waals surface area contributed by atoms with Crippen LogP contribution in [0.15, 0.2) is 57.3 Å². The molecule has 3 aromatic rings. The first-order valence-electron chi connectivity index (χ1n) is 6.71. The second kappa shape index (κ2) is 7.00. The molecule has 1 aromatic carbocycles. The molecule has 2 heterocycles. The summed E-state index contributed by atoms with van der Waals surface area (Å²) in [6, 6.07) is 11.5. The number of methoxy groups -OCH3 is 1. The molecule has 114 valence electrons. The summed E-state index contributed by atoms with van der Waals surface area (Å²) in [6.07, 6.45) is 1.68. The number of ether oxygens (including phenoxy) is 1. The number of nitrogens with zero attached hydrogens (tertiary/aromatic N) is 1. The highest BCUT2D eigenvalue weighted by molar-refractivity contribution is 7.84. The van der Waals surface area contributed by atoms with Gasteiger partial charge in [-0.1, -0.05) is 18.2 Å². The largest absolute Gasteiger partial charge is 0.439 e. The monoisotopic (exact) mass is 333 g/mol. The molecule has 0 spiro atoms. The Bertz CT molecular complexity index is 748. The highest BCUT2D eigenvalue weighted by Gasteiger charge is 2.12. The molecular weight excluding hydrogens is 318 g/mol. The molecule has 1 atom stereocenters. The first kappa shape index (κ1) is 15.1. The van der Waals surface area contributed by atoms with E-state index in [0.29, 0.717) is 12.5 Å². The third-order valence-electron chi connectivity index (χ3n) is 3.07. The maximum absolute atomic E-state index is 12.4. The Kier molecular flexibility index (Phi) is 4.82. The van der Waals surface area contributed by atoms with E-state index in [1.165, 1.54) is 0 Å². The Labute approximate surface area is 135 Å². The second-order valence-corrected chi connectivity index (χ2v) is 7.06. The molecule has 0 aliphatic heterocycles. The summed E-state index contributed by atoms with van der Waals surface area (Å²) >= 11 is 1.59. The van der Waals surface area contributed by atoms with Crippen LogP contribution in [0.4, 0.5) is 0 Å². The van der Waals surface area contributed by atoms with E-state index in [2.05, 4.69) is 4.98 Å². The molecule has 0 amide bonds. The summed E-state index contributed by atoms with van der Waals surface area (Å²) in [5.74, 6) is 1.48. The lowest BCUT2D eigenvalue weighted by Gasteiger charge is -2.02.